The first kappa shape index (κ1) is 16.3. The van der Waals surface area contributed by atoms with Gasteiger partial charge in [-0.1, -0.05) is 67.6 Å². The molecule has 2 saturated heterocycles. The third-order valence-electron chi connectivity index (χ3n) is 5.53. The predicted molar refractivity (Wildman–Crippen MR) is 96.6 cm³/mol. The molecule has 2 aliphatic rings. The molecule has 0 spiro atoms. The molecule has 2 fully saturated rings. The van der Waals surface area contributed by atoms with Crippen LogP contribution in [0.1, 0.15) is 18.1 Å². The molecule has 3 atom stereocenters. The van der Waals surface area contributed by atoms with E-state index < -0.39 is 12.1 Å². The van der Waals surface area contributed by atoms with Crippen LogP contribution in [-0.4, -0.2) is 46.0 Å². The number of piperidine rings is 1. The number of nitrogens with zero attached hydrogens (tertiary/aromatic N) is 2. The Morgan fingerprint density at radius 2 is 1.52 bits per heavy atom. The molecule has 2 bridgehead atoms. The normalized spacial score (nSPS) is 29.2. The predicted octanol–water partition coefficient (Wildman–Crippen LogP) is 2.28. The van der Waals surface area contributed by atoms with Crippen molar-refractivity contribution in [3.8, 4) is 0 Å². The molecule has 0 saturated carbocycles. The van der Waals surface area contributed by atoms with Crippen LogP contribution in [0.2, 0.25) is 0 Å². The summed E-state index contributed by atoms with van der Waals surface area (Å²) in [6.07, 6.45) is -0.601. The lowest BCUT2D eigenvalue weighted by atomic mass is 9.81. The molecule has 1 N–H and O–H groups in total. The third kappa shape index (κ3) is 2.96. The van der Waals surface area contributed by atoms with Crippen molar-refractivity contribution in [2.24, 2.45) is 5.41 Å². The van der Waals surface area contributed by atoms with Gasteiger partial charge >= 0.3 is 0 Å². The van der Waals surface area contributed by atoms with Gasteiger partial charge in [0.2, 0.25) is 5.91 Å². The highest BCUT2D eigenvalue weighted by molar-refractivity contribution is 5.84. The van der Waals surface area contributed by atoms with E-state index in [4.69, 9.17) is 0 Å². The zero-order valence-corrected chi connectivity index (χ0v) is 14.5. The highest BCUT2D eigenvalue weighted by atomic mass is 16.3. The van der Waals surface area contributed by atoms with E-state index in [9.17, 15) is 9.90 Å². The van der Waals surface area contributed by atoms with E-state index in [1.54, 1.807) is 0 Å². The van der Waals surface area contributed by atoms with Crippen LogP contribution >= 0.6 is 0 Å². The largest absolute Gasteiger partial charge is 0.390 e. The fourth-order valence-electron chi connectivity index (χ4n) is 4.28. The summed E-state index contributed by atoms with van der Waals surface area (Å²) < 4.78 is 0. The maximum atomic E-state index is 13.1. The number of aliphatic hydroxyl groups excluding tert-OH is 1. The van der Waals surface area contributed by atoms with Gasteiger partial charge in [0.05, 0.1) is 6.10 Å². The molecule has 2 aromatic rings. The van der Waals surface area contributed by atoms with Crippen molar-refractivity contribution < 1.29 is 9.90 Å². The quantitative estimate of drug-likeness (QED) is 0.932. The van der Waals surface area contributed by atoms with Gasteiger partial charge in [0.25, 0.3) is 0 Å². The number of amides is 1. The van der Waals surface area contributed by atoms with Crippen molar-refractivity contribution in [3.63, 3.8) is 0 Å². The Morgan fingerprint density at radius 1 is 0.960 bits per heavy atom. The summed E-state index contributed by atoms with van der Waals surface area (Å²) >= 11 is 0. The van der Waals surface area contributed by atoms with Gasteiger partial charge in [0, 0.05) is 31.6 Å². The molecule has 2 aromatic carbocycles. The molecule has 0 radical (unpaired) electrons. The molecule has 25 heavy (non-hydrogen) atoms. The van der Waals surface area contributed by atoms with Gasteiger partial charge in [0.15, 0.2) is 0 Å². The minimum Gasteiger partial charge on any atom is -0.390 e. The molecule has 0 aliphatic carbocycles. The fourth-order valence-corrected chi connectivity index (χ4v) is 4.28. The Morgan fingerprint density at radius 3 is 2.12 bits per heavy atom. The zero-order valence-electron chi connectivity index (χ0n) is 14.5. The molecule has 0 aromatic heterocycles. The maximum absolute atomic E-state index is 13.1. The summed E-state index contributed by atoms with van der Waals surface area (Å²) in [5.74, 6) is 0.0438. The molecule has 130 valence electrons. The molecular formula is C21H24N2O2. The van der Waals surface area contributed by atoms with E-state index >= 15 is 0 Å². The van der Waals surface area contributed by atoms with E-state index in [0.29, 0.717) is 19.6 Å². The summed E-state index contributed by atoms with van der Waals surface area (Å²) in [5.41, 5.74) is 2.03. The summed E-state index contributed by atoms with van der Waals surface area (Å²) in [4.78, 5) is 17.1. The average molecular weight is 336 g/mol. The Bertz CT molecular complexity index is 749. The molecule has 4 nitrogen and oxygen atoms in total. The topological polar surface area (TPSA) is 43.8 Å². The number of rotatable bonds is 4. The molecular weight excluding hydrogens is 312 g/mol. The maximum Gasteiger partial charge on any atom is 0.242 e. The number of carbonyl (C=O) groups is 1. The molecule has 4 rings (SSSR count). The van der Waals surface area contributed by atoms with Crippen LogP contribution in [-0.2, 0) is 17.9 Å². The van der Waals surface area contributed by atoms with E-state index in [0.717, 1.165) is 12.1 Å². The van der Waals surface area contributed by atoms with E-state index in [1.807, 2.05) is 53.4 Å². The van der Waals surface area contributed by atoms with E-state index in [-0.39, 0.29) is 11.3 Å². The molecule has 4 heteroatoms. The van der Waals surface area contributed by atoms with Crippen LogP contribution in [0.15, 0.2) is 60.7 Å². The minimum atomic E-state index is -0.601. The number of likely N-dealkylation sites (tertiary alicyclic amines) is 2. The molecule has 2 aliphatic heterocycles. The zero-order chi connectivity index (χ0) is 17.4. The van der Waals surface area contributed by atoms with Crippen LogP contribution in [0.4, 0.5) is 0 Å². The first-order valence-electron chi connectivity index (χ1n) is 8.86. The lowest BCUT2D eigenvalue weighted by Crippen LogP contribution is -2.57. The van der Waals surface area contributed by atoms with Crippen molar-refractivity contribution in [1.82, 2.24) is 9.80 Å². The highest BCUT2D eigenvalue weighted by Crippen LogP contribution is 2.41. The lowest BCUT2D eigenvalue weighted by Gasteiger charge is -2.40. The second-order valence-corrected chi connectivity index (χ2v) is 7.61. The summed E-state index contributed by atoms with van der Waals surface area (Å²) in [5, 5.41) is 10.8. The smallest absolute Gasteiger partial charge is 0.242 e. The second kappa shape index (κ2) is 6.28. The number of fused-ring (bicyclic) bond motifs is 2. The summed E-state index contributed by atoms with van der Waals surface area (Å²) in [7, 11) is 0. The first-order valence-corrected chi connectivity index (χ1v) is 8.86. The van der Waals surface area contributed by atoms with Crippen LogP contribution in [0.25, 0.3) is 0 Å². The van der Waals surface area contributed by atoms with Crippen molar-refractivity contribution in [2.75, 3.05) is 13.1 Å². The number of hydrogen-bond donors (Lipinski definition) is 1. The number of benzene rings is 2. The van der Waals surface area contributed by atoms with Gasteiger partial charge in [-0.2, -0.15) is 0 Å². The first-order chi connectivity index (χ1) is 12.1. The summed E-state index contributed by atoms with van der Waals surface area (Å²) in [6, 6.07) is 19.8. The van der Waals surface area contributed by atoms with Crippen molar-refractivity contribution in [3.05, 3.63) is 71.8 Å². The van der Waals surface area contributed by atoms with Gasteiger partial charge < -0.3 is 10.0 Å². The van der Waals surface area contributed by atoms with E-state index in [1.165, 1.54) is 5.56 Å². The van der Waals surface area contributed by atoms with Gasteiger partial charge in [-0.05, 0) is 11.1 Å². The van der Waals surface area contributed by atoms with Crippen molar-refractivity contribution in [2.45, 2.75) is 32.2 Å². The van der Waals surface area contributed by atoms with Gasteiger partial charge in [0.1, 0.15) is 6.04 Å². The van der Waals surface area contributed by atoms with Crippen molar-refractivity contribution >= 4 is 5.91 Å². The van der Waals surface area contributed by atoms with E-state index in [2.05, 4.69) is 24.0 Å². The molecule has 0 unspecified atom stereocenters. The fraction of sp³-hybridized carbons (Fsp3) is 0.381. The van der Waals surface area contributed by atoms with Gasteiger partial charge in [-0.15, -0.1) is 0 Å². The minimum absolute atomic E-state index is 0.0438. The Balaban J connectivity index is 1.56. The number of carbonyl (C=O) groups excluding carboxylic acids is 1. The second-order valence-electron chi connectivity index (χ2n) is 7.61. The summed E-state index contributed by atoms with van der Waals surface area (Å²) in [6.45, 7) is 4.75. The monoisotopic (exact) mass is 336 g/mol. The number of hydrogen-bond acceptors (Lipinski definition) is 3. The van der Waals surface area contributed by atoms with Crippen LogP contribution in [0.3, 0.4) is 0 Å². The standard InChI is InChI=1S/C21H24N2O2/c1-21-14-22(12-16-8-4-2-5-9-16)18(19(21)24)20(25)23(15-21)13-17-10-6-3-7-11-17/h2-11,18-19,24H,12-15H2,1H3/t18-,19-,21-/m1/s1. The van der Waals surface area contributed by atoms with Crippen LogP contribution < -0.4 is 0 Å². The Labute approximate surface area is 148 Å². The Kier molecular flexibility index (Phi) is 4.10. The van der Waals surface area contributed by atoms with Crippen LogP contribution in [0.5, 0.6) is 0 Å². The van der Waals surface area contributed by atoms with Crippen LogP contribution in [0, 0.1) is 5.41 Å². The third-order valence-corrected chi connectivity index (χ3v) is 5.53. The number of aliphatic hydroxyl groups is 1. The Hall–Kier alpha value is -2.17. The molecule has 1 amide bonds. The van der Waals surface area contributed by atoms with Crippen molar-refractivity contribution in [1.29, 1.82) is 0 Å². The lowest BCUT2D eigenvalue weighted by molar-refractivity contribution is -0.147. The SMILES string of the molecule is C[C@@]12CN(Cc3ccccc3)C(=O)[C@@H]([C@H]1O)N(Cc1ccccc1)C2. The average Bonchev–Trinajstić information content (AvgIpc) is 2.79. The molecule has 2 heterocycles. The van der Waals surface area contributed by atoms with Gasteiger partial charge in [-0.25, -0.2) is 0 Å². The van der Waals surface area contributed by atoms with Gasteiger partial charge in [-0.3, -0.25) is 9.69 Å². The highest BCUT2D eigenvalue weighted by Gasteiger charge is 2.57.